The van der Waals surface area contributed by atoms with Gasteiger partial charge in [-0.1, -0.05) is 52.3 Å². The molecule has 0 unspecified atom stereocenters. The molecule has 166 valence electrons. The zero-order valence-corrected chi connectivity index (χ0v) is 21.0. The Morgan fingerprint density at radius 3 is 2.39 bits per heavy atom. The molecular weight excluding hydrogens is 492 g/mol. The Morgan fingerprint density at radius 1 is 0.970 bits per heavy atom. The number of hydrogen-bond donors (Lipinski definition) is 1. The van der Waals surface area contributed by atoms with Crippen molar-refractivity contribution in [1.82, 2.24) is 14.9 Å². The van der Waals surface area contributed by atoms with E-state index in [1.165, 1.54) is 22.5 Å². The lowest BCUT2D eigenvalue weighted by Crippen LogP contribution is -2.29. The molecule has 1 saturated heterocycles. The maximum atomic E-state index is 5.87. The summed E-state index contributed by atoms with van der Waals surface area (Å²) < 4.78 is 3.43. The molecule has 0 aliphatic carbocycles. The molecule has 1 N–H and O–H groups in total. The van der Waals surface area contributed by atoms with Crippen LogP contribution in [0.1, 0.15) is 40.3 Å². The summed E-state index contributed by atoms with van der Waals surface area (Å²) in [5.41, 5.74) is 7.08. The van der Waals surface area contributed by atoms with Crippen LogP contribution in [0, 0.1) is 13.8 Å². The van der Waals surface area contributed by atoms with Gasteiger partial charge in [-0.2, -0.15) is 0 Å². The summed E-state index contributed by atoms with van der Waals surface area (Å²) in [6, 6.07) is 27.2. The van der Waals surface area contributed by atoms with Crippen molar-refractivity contribution in [2.75, 3.05) is 4.90 Å². The lowest BCUT2D eigenvalue weighted by Gasteiger charge is -2.28. The Kier molecular flexibility index (Phi) is 6.04. The highest BCUT2D eigenvalue weighted by atomic mass is 79.9. The predicted molar refractivity (Wildman–Crippen MR) is 142 cm³/mol. The third-order valence-corrected chi connectivity index (χ3v) is 7.16. The van der Waals surface area contributed by atoms with Crippen LogP contribution in [0.3, 0.4) is 0 Å². The van der Waals surface area contributed by atoms with Gasteiger partial charge in [-0.3, -0.25) is 4.98 Å². The number of rotatable bonds is 5. The van der Waals surface area contributed by atoms with E-state index < -0.39 is 0 Å². The lowest BCUT2D eigenvalue weighted by molar-refractivity contribution is 0.563. The number of pyridine rings is 1. The number of hydrogen-bond acceptors (Lipinski definition) is 2. The van der Waals surface area contributed by atoms with Gasteiger partial charge in [0.05, 0.1) is 17.8 Å². The average Bonchev–Trinajstić information content (AvgIpc) is 3.32. The Balaban J connectivity index is 1.62. The van der Waals surface area contributed by atoms with E-state index in [0.29, 0.717) is 5.11 Å². The van der Waals surface area contributed by atoms with Gasteiger partial charge in [-0.05, 0) is 79.7 Å². The van der Waals surface area contributed by atoms with Crippen molar-refractivity contribution in [3.05, 3.63) is 118 Å². The topological polar surface area (TPSA) is 33.1 Å². The molecule has 1 fully saturated rings. The molecule has 1 aliphatic rings. The van der Waals surface area contributed by atoms with E-state index in [-0.39, 0.29) is 12.1 Å². The van der Waals surface area contributed by atoms with Crippen molar-refractivity contribution in [1.29, 1.82) is 0 Å². The quantitative estimate of drug-likeness (QED) is 0.307. The molecule has 33 heavy (non-hydrogen) atoms. The number of halogens is 1. The summed E-state index contributed by atoms with van der Waals surface area (Å²) in [7, 11) is 0. The van der Waals surface area contributed by atoms with Gasteiger partial charge in [0.1, 0.15) is 0 Å². The van der Waals surface area contributed by atoms with Crippen molar-refractivity contribution in [2.24, 2.45) is 0 Å². The molecule has 4 nitrogen and oxygen atoms in total. The van der Waals surface area contributed by atoms with E-state index in [9.17, 15) is 0 Å². The Morgan fingerprint density at radius 2 is 1.70 bits per heavy atom. The van der Waals surface area contributed by atoms with Crippen LogP contribution < -0.4 is 10.2 Å². The molecule has 0 bridgehead atoms. The molecule has 5 rings (SSSR count). The zero-order chi connectivity index (χ0) is 22.9. The van der Waals surface area contributed by atoms with Gasteiger partial charge in [0.15, 0.2) is 5.11 Å². The summed E-state index contributed by atoms with van der Waals surface area (Å²) >= 11 is 9.42. The van der Waals surface area contributed by atoms with E-state index in [0.717, 1.165) is 22.4 Å². The molecular formula is C27H25BrN4S. The highest BCUT2D eigenvalue weighted by Gasteiger charge is 2.42. The molecule has 0 spiro atoms. The van der Waals surface area contributed by atoms with Crippen LogP contribution in [0.5, 0.6) is 0 Å². The third kappa shape index (κ3) is 4.21. The molecule has 2 atom stereocenters. The molecule has 1 aliphatic heterocycles. The van der Waals surface area contributed by atoms with Crippen molar-refractivity contribution in [3.8, 4) is 0 Å². The Bertz CT molecular complexity index is 1270. The fourth-order valence-corrected chi connectivity index (χ4v) is 5.30. The third-order valence-electron chi connectivity index (χ3n) is 6.32. The molecule has 0 amide bonds. The SMILES string of the molecule is Cc1cc([C@@H]2[C@@H](c3ccccn3)NC(=S)N2c2ccc(Br)cc2)c(C)n1Cc1ccccc1. The van der Waals surface area contributed by atoms with Gasteiger partial charge >= 0.3 is 0 Å². The minimum atomic E-state index is -0.0481. The summed E-state index contributed by atoms with van der Waals surface area (Å²) in [5, 5.41) is 4.28. The number of nitrogens with zero attached hydrogens (tertiary/aromatic N) is 3. The van der Waals surface area contributed by atoms with Gasteiger partial charge < -0.3 is 14.8 Å². The monoisotopic (exact) mass is 516 g/mol. The summed E-state index contributed by atoms with van der Waals surface area (Å²) in [5.74, 6) is 0. The first-order chi connectivity index (χ1) is 16.0. The van der Waals surface area contributed by atoms with Gasteiger partial charge in [-0.25, -0.2) is 0 Å². The van der Waals surface area contributed by atoms with Gasteiger partial charge in [0.2, 0.25) is 0 Å². The van der Waals surface area contributed by atoms with E-state index in [4.69, 9.17) is 12.2 Å². The first-order valence-electron chi connectivity index (χ1n) is 11.0. The molecule has 2 aromatic heterocycles. The second-order valence-electron chi connectivity index (χ2n) is 8.37. The summed E-state index contributed by atoms with van der Waals surface area (Å²) in [6.07, 6.45) is 1.85. The maximum Gasteiger partial charge on any atom is 0.174 e. The molecule has 4 aromatic rings. The standard InChI is InChI=1S/C27H25BrN4S/c1-18-16-23(19(2)31(18)17-20-8-4-3-5-9-20)26-25(24-10-6-7-15-29-24)30-27(33)32(26)22-13-11-21(28)12-14-22/h3-16,25-26H,17H2,1-2H3,(H,30,33)/t25-,26-/m1/s1. The number of aromatic nitrogens is 2. The number of thiocarbonyl (C=S) groups is 1. The predicted octanol–water partition coefficient (Wildman–Crippen LogP) is 6.49. The van der Waals surface area contributed by atoms with Crippen molar-refractivity contribution < 1.29 is 0 Å². The second-order valence-corrected chi connectivity index (χ2v) is 9.67. The van der Waals surface area contributed by atoms with Crippen molar-refractivity contribution in [2.45, 2.75) is 32.5 Å². The number of nitrogens with one attached hydrogen (secondary N) is 1. The lowest BCUT2D eigenvalue weighted by atomic mass is 9.96. The first kappa shape index (κ1) is 21.9. The van der Waals surface area contributed by atoms with Gasteiger partial charge in [0.25, 0.3) is 0 Å². The minimum absolute atomic E-state index is 0.00991. The largest absolute Gasteiger partial charge is 0.351 e. The minimum Gasteiger partial charge on any atom is -0.351 e. The molecule has 0 saturated carbocycles. The second kappa shape index (κ2) is 9.12. The van der Waals surface area contributed by atoms with Crippen molar-refractivity contribution >= 4 is 38.9 Å². The highest BCUT2D eigenvalue weighted by Crippen LogP contribution is 2.43. The fraction of sp³-hybridized carbons (Fsp3) is 0.185. The fourth-order valence-electron chi connectivity index (χ4n) is 4.69. The number of benzene rings is 2. The van der Waals surface area contributed by atoms with E-state index in [2.05, 4.69) is 116 Å². The zero-order valence-electron chi connectivity index (χ0n) is 18.6. The van der Waals surface area contributed by atoms with E-state index >= 15 is 0 Å². The smallest absolute Gasteiger partial charge is 0.174 e. The van der Waals surface area contributed by atoms with Crippen LogP contribution in [0.15, 0.2) is 89.5 Å². The molecule has 3 heterocycles. The first-order valence-corrected chi connectivity index (χ1v) is 12.2. The summed E-state index contributed by atoms with van der Waals surface area (Å²) in [6.45, 7) is 5.23. The van der Waals surface area contributed by atoms with Crippen LogP contribution in [0.25, 0.3) is 0 Å². The van der Waals surface area contributed by atoms with Crippen LogP contribution in [0.4, 0.5) is 5.69 Å². The number of anilines is 1. The summed E-state index contributed by atoms with van der Waals surface area (Å²) in [4.78, 5) is 6.91. The maximum absolute atomic E-state index is 5.87. The highest BCUT2D eigenvalue weighted by molar-refractivity contribution is 9.10. The van der Waals surface area contributed by atoms with Crippen LogP contribution in [0.2, 0.25) is 0 Å². The van der Waals surface area contributed by atoms with Crippen molar-refractivity contribution in [3.63, 3.8) is 0 Å². The molecule has 6 heteroatoms. The molecule has 2 aromatic carbocycles. The van der Waals surface area contributed by atoms with Crippen LogP contribution in [-0.2, 0) is 6.54 Å². The number of aryl methyl sites for hydroxylation is 1. The normalized spacial score (nSPS) is 17.9. The van der Waals surface area contributed by atoms with E-state index in [1.54, 1.807) is 0 Å². The molecule has 0 radical (unpaired) electrons. The van der Waals surface area contributed by atoms with E-state index in [1.807, 2.05) is 18.3 Å². The van der Waals surface area contributed by atoms with Crippen LogP contribution >= 0.6 is 28.1 Å². The van der Waals surface area contributed by atoms with Gasteiger partial charge in [0, 0.05) is 34.3 Å². The Hall–Kier alpha value is -2.96. The average molecular weight is 517 g/mol. The van der Waals surface area contributed by atoms with Gasteiger partial charge in [-0.15, -0.1) is 0 Å². The van der Waals surface area contributed by atoms with Crippen LogP contribution in [-0.4, -0.2) is 14.7 Å². The Labute approximate surface area is 208 Å².